The lowest BCUT2D eigenvalue weighted by Crippen LogP contribution is -2.47. The van der Waals surface area contributed by atoms with Crippen molar-refractivity contribution in [3.05, 3.63) is 167 Å². The molecule has 0 saturated carbocycles. The molecule has 12 rings (SSSR count). The number of aromatic nitrogens is 4. The highest BCUT2D eigenvalue weighted by Gasteiger charge is 2.53. The summed E-state index contributed by atoms with van der Waals surface area (Å²) in [6.45, 7) is 11.8. The normalized spacial score (nSPS) is 25.7. The summed E-state index contributed by atoms with van der Waals surface area (Å²) in [6.07, 6.45) is 10.5. The molecule has 4 aliphatic carbocycles. The zero-order valence-electron chi connectivity index (χ0n) is 42.6. The summed E-state index contributed by atoms with van der Waals surface area (Å²) in [7, 11) is 0. The number of Topliss-reactive ketones (excluding diaryl/α,β-unsaturated/α-hetero) is 2. The van der Waals surface area contributed by atoms with Gasteiger partial charge in [-0.25, -0.2) is 8.78 Å². The summed E-state index contributed by atoms with van der Waals surface area (Å²) >= 11 is 0. The number of carbonyl (C=O) groups excluding carboxylic acids is 2. The molecule has 10 nitrogen and oxygen atoms in total. The van der Waals surface area contributed by atoms with E-state index in [0.717, 1.165) is 106 Å². The first-order valence-corrected chi connectivity index (χ1v) is 26.5. The Morgan fingerprint density at radius 2 is 1.00 bits per heavy atom. The minimum Gasteiger partial charge on any atom is -0.371 e. The number of fused-ring (bicyclic) bond motifs is 6. The number of benzene rings is 4. The fourth-order valence-corrected chi connectivity index (χ4v) is 14.0. The molecule has 6 aromatic rings. The van der Waals surface area contributed by atoms with Crippen LogP contribution in [0.3, 0.4) is 0 Å². The van der Waals surface area contributed by atoms with E-state index in [1.807, 2.05) is 56.3 Å². The number of ketones is 2. The van der Waals surface area contributed by atoms with Crippen molar-refractivity contribution in [2.75, 3.05) is 36.0 Å². The molecule has 0 radical (unpaired) electrons. The molecule has 0 amide bonds. The Labute approximate surface area is 432 Å². The van der Waals surface area contributed by atoms with Crippen LogP contribution in [0.2, 0.25) is 0 Å². The van der Waals surface area contributed by atoms with E-state index in [1.165, 1.54) is 23.5 Å². The molecule has 2 saturated heterocycles. The molecule has 0 spiro atoms. The summed E-state index contributed by atoms with van der Waals surface area (Å²) < 4.78 is 34.5. The summed E-state index contributed by atoms with van der Waals surface area (Å²) in [4.78, 5) is 30.6. The van der Waals surface area contributed by atoms with E-state index in [1.54, 1.807) is 18.2 Å². The van der Waals surface area contributed by atoms with Crippen molar-refractivity contribution in [2.24, 2.45) is 23.7 Å². The molecule has 12 heteroatoms. The smallest absolute Gasteiger partial charge is 0.176 e. The highest BCUT2D eigenvalue weighted by molar-refractivity contribution is 6.03. The Hall–Kier alpha value is -7.44. The van der Waals surface area contributed by atoms with Crippen LogP contribution in [0.5, 0.6) is 0 Å². The Balaban J connectivity index is 0.000000159. The Morgan fingerprint density at radius 3 is 1.51 bits per heavy atom. The van der Waals surface area contributed by atoms with Crippen LogP contribution in [-0.2, 0) is 33.3 Å². The fraction of sp³-hybridized carbons (Fsp3) is 0.387. The lowest BCUT2D eigenvalue weighted by Gasteiger charge is -2.46. The molecule has 6 aliphatic rings. The van der Waals surface area contributed by atoms with Crippen molar-refractivity contribution in [3.63, 3.8) is 0 Å². The van der Waals surface area contributed by atoms with Crippen LogP contribution in [0, 0.1) is 58.0 Å². The third kappa shape index (κ3) is 8.18. The SMILES string of the molecule is C[C@H]1C(=O)C(C#N)=C[C@@]2(C)c3c(c(-c4ccccc4F)nn3C3CCN(c4ccccc4)CC3)CC[C@H]12.C[C@H]1C(=O)C(C#N)=C[C@@]2(C)c3nn(C4CCN(c5ccccc5)CC4)c(-c4ccccc4F)c3CC[C@H]12. The van der Waals surface area contributed by atoms with Gasteiger partial charge in [0.25, 0.3) is 0 Å². The Kier molecular flexibility index (Phi) is 12.8. The van der Waals surface area contributed by atoms with Crippen molar-refractivity contribution in [1.29, 1.82) is 10.5 Å². The maximum atomic E-state index is 15.3. The van der Waals surface area contributed by atoms with Gasteiger partial charge in [0.1, 0.15) is 23.8 Å². The van der Waals surface area contributed by atoms with E-state index >= 15 is 8.78 Å². The first-order valence-electron chi connectivity index (χ1n) is 26.5. The Bertz CT molecular complexity index is 3290. The van der Waals surface area contributed by atoms with Gasteiger partial charge in [0.05, 0.1) is 46.0 Å². The van der Waals surface area contributed by atoms with Crippen LogP contribution in [0.4, 0.5) is 20.2 Å². The maximum Gasteiger partial charge on any atom is 0.176 e. The van der Waals surface area contributed by atoms with Gasteiger partial charge in [-0.1, -0.05) is 101 Å². The van der Waals surface area contributed by atoms with Crippen molar-refractivity contribution < 1.29 is 18.4 Å². The lowest BCUT2D eigenvalue weighted by atomic mass is 9.57. The van der Waals surface area contributed by atoms with Crippen LogP contribution in [0.15, 0.2) is 132 Å². The van der Waals surface area contributed by atoms with Gasteiger partial charge in [0.2, 0.25) is 0 Å². The van der Waals surface area contributed by atoms with Crippen LogP contribution in [0.1, 0.15) is 101 Å². The van der Waals surface area contributed by atoms with E-state index in [0.29, 0.717) is 16.8 Å². The van der Waals surface area contributed by atoms with E-state index in [2.05, 4.69) is 93.7 Å². The molecule has 2 fully saturated rings. The second kappa shape index (κ2) is 19.4. The summed E-state index contributed by atoms with van der Waals surface area (Å²) in [5.74, 6) is -0.992. The minimum atomic E-state index is -0.540. The number of piperidine rings is 2. The average Bonchev–Trinajstić information content (AvgIpc) is 4.03. The predicted molar refractivity (Wildman–Crippen MR) is 283 cm³/mol. The van der Waals surface area contributed by atoms with Crippen molar-refractivity contribution >= 4 is 22.9 Å². The van der Waals surface area contributed by atoms with Gasteiger partial charge in [-0.3, -0.25) is 19.0 Å². The number of carbonyl (C=O) groups is 2. The number of para-hydroxylation sites is 2. The van der Waals surface area contributed by atoms with E-state index in [-0.39, 0.29) is 70.1 Å². The Morgan fingerprint density at radius 1 is 0.554 bits per heavy atom. The highest BCUT2D eigenvalue weighted by atomic mass is 19.1. The van der Waals surface area contributed by atoms with Gasteiger partial charge in [0.15, 0.2) is 11.6 Å². The molecule has 0 unspecified atom stereocenters. The van der Waals surface area contributed by atoms with Gasteiger partial charge in [-0.2, -0.15) is 20.7 Å². The molecule has 376 valence electrons. The zero-order chi connectivity index (χ0) is 51.5. The summed E-state index contributed by atoms with van der Waals surface area (Å²) in [5.41, 5.74) is 8.59. The third-order valence-corrected chi connectivity index (χ3v) is 17.8. The van der Waals surface area contributed by atoms with Crippen LogP contribution >= 0.6 is 0 Å². The number of nitrogens with zero attached hydrogens (tertiary/aromatic N) is 8. The fourth-order valence-electron chi connectivity index (χ4n) is 14.0. The van der Waals surface area contributed by atoms with Gasteiger partial charge in [-0.05, 0) is 112 Å². The van der Waals surface area contributed by atoms with Crippen molar-refractivity contribution in [2.45, 2.75) is 102 Å². The van der Waals surface area contributed by atoms with Gasteiger partial charge < -0.3 is 9.80 Å². The first kappa shape index (κ1) is 48.8. The highest BCUT2D eigenvalue weighted by Crippen LogP contribution is 2.54. The predicted octanol–water partition coefficient (Wildman–Crippen LogP) is 12.0. The summed E-state index contributed by atoms with van der Waals surface area (Å²) in [5, 5.41) is 29.9. The van der Waals surface area contributed by atoms with Crippen LogP contribution in [-0.4, -0.2) is 57.3 Å². The monoisotopic (exact) mass is 988 g/mol. The van der Waals surface area contributed by atoms with Crippen molar-refractivity contribution in [3.8, 4) is 34.7 Å². The number of nitriles is 2. The molecule has 6 atom stereocenters. The lowest BCUT2D eigenvalue weighted by molar-refractivity contribution is -0.122. The number of hydrogen-bond donors (Lipinski definition) is 0. The number of rotatable bonds is 6. The van der Waals surface area contributed by atoms with Gasteiger partial charge in [0, 0.05) is 82.5 Å². The maximum absolute atomic E-state index is 15.3. The molecule has 4 aromatic carbocycles. The molecule has 74 heavy (non-hydrogen) atoms. The van der Waals surface area contributed by atoms with Gasteiger partial charge in [-0.15, -0.1) is 0 Å². The molecule has 0 bridgehead atoms. The number of halogens is 2. The number of allylic oxidation sites excluding steroid dienone is 4. The zero-order valence-corrected chi connectivity index (χ0v) is 42.6. The standard InChI is InChI=1S/2C31H31FN4O/c1-20-26-13-12-25-28(24-10-6-7-11-27(24)32)36(34-30(25)31(26,2)18-21(19-33)29(20)37)23-14-16-35(17-15-23)22-8-4-3-5-9-22;1-20-26-13-12-25-28(24-10-6-7-11-27(24)32)34-36(30(25)31(26,2)18-21(19-33)29(20)37)23-14-16-35(17-15-23)22-8-4-3-5-9-22/h2*3-11,18,20,23,26H,12-17H2,1-2H3/t2*20-,26-,31-/m11/s1. The average molecular weight is 989 g/mol. The van der Waals surface area contributed by atoms with Gasteiger partial charge >= 0.3 is 0 Å². The largest absolute Gasteiger partial charge is 0.371 e. The molecule has 2 aliphatic heterocycles. The minimum absolute atomic E-state index is 0.0648. The topological polar surface area (TPSA) is 124 Å². The second-order valence-electron chi connectivity index (χ2n) is 21.8. The van der Waals surface area contributed by atoms with Crippen LogP contribution in [0.25, 0.3) is 22.5 Å². The quantitative estimate of drug-likeness (QED) is 0.162. The molecular formula is C62H62F2N8O2. The van der Waals surface area contributed by atoms with E-state index in [9.17, 15) is 20.1 Å². The number of hydrogen-bond acceptors (Lipinski definition) is 8. The number of anilines is 2. The van der Waals surface area contributed by atoms with E-state index < -0.39 is 10.8 Å². The first-order chi connectivity index (χ1) is 35.8. The van der Waals surface area contributed by atoms with Crippen molar-refractivity contribution in [1.82, 2.24) is 19.6 Å². The second-order valence-corrected chi connectivity index (χ2v) is 21.8. The van der Waals surface area contributed by atoms with Crippen LogP contribution < -0.4 is 9.80 Å². The molecule has 4 heterocycles. The molecule has 2 aromatic heterocycles. The molecule has 0 N–H and O–H groups in total. The third-order valence-electron chi connectivity index (χ3n) is 17.8. The summed E-state index contributed by atoms with van der Waals surface area (Å²) in [6, 6.07) is 39.3. The van der Waals surface area contributed by atoms with E-state index in [4.69, 9.17) is 10.2 Å². The molecular weight excluding hydrogens is 927 g/mol.